The first-order valence-corrected chi connectivity index (χ1v) is 16.7. The highest BCUT2D eigenvalue weighted by atomic mass is 16.6. The number of hydrogen-bond acceptors (Lipinski definition) is 13. The van der Waals surface area contributed by atoms with Gasteiger partial charge in [-0.25, -0.2) is 19.2 Å². The number of nitriles is 1. The fraction of sp³-hybridized carbons (Fsp3) is 0.244. The Labute approximate surface area is 313 Å². The van der Waals surface area contributed by atoms with Crippen molar-refractivity contribution in [3.8, 4) is 40.6 Å². The minimum atomic E-state index is -0.889. The standard InChI is InChI=1S/C41H41NO12/c1-5-38(43)51-23-9-7-21-49-34-18-11-29(26-36(34)47-3)13-20-40(45)53-32-14-16-33(17-15-32)54-41(46)31(28-42)25-30-12-19-35(37(27-30)48-4)50-22-8-10-24-52-39(44)6-2/h5-6,11-20,25-27H,1-2,7-10,21-24H2,3-4H3/b20-13+,31-25+. The molecule has 282 valence electrons. The summed E-state index contributed by atoms with van der Waals surface area (Å²) >= 11 is 0. The lowest BCUT2D eigenvalue weighted by molar-refractivity contribution is -0.138. The summed E-state index contributed by atoms with van der Waals surface area (Å²) in [5.74, 6) is -0.300. The van der Waals surface area contributed by atoms with E-state index in [1.54, 1.807) is 42.5 Å². The molecular weight excluding hydrogens is 698 g/mol. The Morgan fingerprint density at radius 1 is 0.630 bits per heavy atom. The molecule has 13 nitrogen and oxygen atoms in total. The van der Waals surface area contributed by atoms with E-state index in [9.17, 15) is 24.4 Å². The van der Waals surface area contributed by atoms with Gasteiger partial charge in [-0.3, -0.25) is 0 Å². The van der Waals surface area contributed by atoms with Crippen molar-refractivity contribution in [2.75, 3.05) is 40.6 Å². The number of ether oxygens (including phenoxy) is 8. The highest BCUT2D eigenvalue weighted by Gasteiger charge is 2.14. The molecule has 0 N–H and O–H groups in total. The number of unbranched alkanes of at least 4 members (excludes halogenated alkanes) is 2. The maximum atomic E-state index is 12.8. The van der Waals surface area contributed by atoms with Gasteiger partial charge in [0, 0.05) is 18.2 Å². The molecule has 54 heavy (non-hydrogen) atoms. The van der Waals surface area contributed by atoms with E-state index >= 15 is 0 Å². The molecule has 0 heterocycles. The van der Waals surface area contributed by atoms with Crippen LogP contribution >= 0.6 is 0 Å². The van der Waals surface area contributed by atoms with E-state index in [1.165, 1.54) is 50.6 Å². The molecule has 0 saturated heterocycles. The average Bonchev–Trinajstić information content (AvgIpc) is 3.19. The summed E-state index contributed by atoms with van der Waals surface area (Å²) in [7, 11) is 2.97. The Kier molecular flexibility index (Phi) is 17.6. The molecule has 0 atom stereocenters. The van der Waals surface area contributed by atoms with Crippen LogP contribution < -0.4 is 28.4 Å². The zero-order valence-electron chi connectivity index (χ0n) is 30.1. The van der Waals surface area contributed by atoms with Gasteiger partial charge >= 0.3 is 23.9 Å². The number of benzene rings is 3. The highest BCUT2D eigenvalue weighted by Crippen LogP contribution is 2.30. The minimum absolute atomic E-state index is 0.127. The minimum Gasteiger partial charge on any atom is -0.493 e. The number of methoxy groups -OCH3 is 2. The van der Waals surface area contributed by atoms with Crippen molar-refractivity contribution in [3.63, 3.8) is 0 Å². The second-order valence-electron chi connectivity index (χ2n) is 11.0. The number of carbonyl (C=O) groups excluding carboxylic acids is 4. The molecule has 0 bridgehead atoms. The Bertz CT molecular complexity index is 1870. The Balaban J connectivity index is 1.50. The van der Waals surface area contributed by atoms with Crippen LogP contribution in [-0.2, 0) is 28.7 Å². The number of carbonyl (C=O) groups is 4. The summed E-state index contributed by atoms with van der Waals surface area (Å²) in [5.41, 5.74) is 0.899. The lowest BCUT2D eigenvalue weighted by Gasteiger charge is -2.11. The largest absolute Gasteiger partial charge is 0.493 e. The quantitative estimate of drug-likeness (QED) is 0.0356. The highest BCUT2D eigenvalue weighted by molar-refractivity contribution is 5.99. The topological polar surface area (TPSA) is 166 Å². The van der Waals surface area contributed by atoms with Gasteiger partial charge in [-0.2, -0.15) is 5.26 Å². The molecule has 0 aliphatic carbocycles. The van der Waals surface area contributed by atoms with Crippen LogP contribution in [-0.4, -0.2) is 64.5 Å². The van der Waals surface area contributed by atoms with Crippen LogP contribution in [0.15, 0.2) is 97.6 Å². The monoisotopic (exact) mass is 739 g/mol. The van der Waals surface area contributed by atoms with E-state index in [0.717, 1.165) is 12.2 Å². The van der Waals surface area contributed by atoms with Crippen molar-refractivity contribution >= 4 is 36.0 Å². The Hall–Kier alpha value is -6.81. The van der Waals surface area contributed by atoms with Gasteiger partial charge in [-0.1, -0.05) is 25.3 Å². The van der Waals surface area contributed by atoms with E-state index in [0.29, 0.717) is 73.0 Å². The van der Waals surface area contributed by atoms with Gasteiger partial charge in [0.2, 0.25) is 0 Å². The van der Waals surface area contributed by atoms with Gasteiger partial charge < -0.3 is 37.9 Å². The molecule has 3 aromatic carbocycles. The van der Waals surface area contributed by atoms with Crippen LogP contribution in [0.2, 0.25) is 0 Å². The summed E-state index contributed by atoms with van der Waals surface area (Å²) in [6.45, 7) is 7.97. The van der Waals surface area contributed by atoms with Crippen molar-refractivity contribution < 1.29 is 57.1 Å². The maximum Gasteiger partial charge on any atom is 0.354 e. The van der Waals surface area contributed by atoms with Crippen LogP contribution in [0.3, 0.4) is 0 Å². The number of hydrogen-bond donors (Lipinski definition) is 0. The number of esters is 4. The van der Waals surface area contributed by atoms with Crippen molar-refractivity contribution in [1.29, 1.82) is 5.26 Å². The van der Waals surface area contributed by atoms with Gasteiger partial charge in [0.1, 0.15) is 23.1 Å². The van der Waals surface area contributed by atoms with Crippen LogP contribution in [0.4, 0.5) is 0 Å². The molecule has 0 unspecified atom stereocenters. The number of nitrogens with zero attached hydrogens (tertiary/aromatic N) is 1. The zero-order chi connectivity index (χ0) is 39.1. The molecule has 0 spiro atoms. The Morgan fingerprint density at radius 3 is 1.61 bits per heavy atom. The first-order chi connectivity index (χ1) is 26.2. The molecule has 13 heteroatoms. The van der Waals surface area contributed by atoms with E-state index in [2.05, 4.69) is 13.2 Å². The lowest BCUT2D eigenvalue weighted by Crippen LogP contribution is -2.10. The molecule has 0 aliphatic rings. The molecule has 3 rings (SSSR count). The van der Waals surface area contributed by atoms with Gasteiger partial charge in [0.15, 0.2) is 23.0 Å². The molecule has 0 fully saturated rings. The molecule has 0 radical (unpaired) electrons. The summed E-state index contributed by atoms with van der Waals surface area (Å²) in [4.78, 5) is 47.5. The third-order valence-electron chi connectivity index (χ3n) is 7.11. The fourth-order valence-electron chi connectivity index (χ4n) is 4.39. The SMILES string of the molecule is C=CC(=O)OCCCCOc1ccc(/C=C/C(=O)Oc2ccc(OC(=O)/C(C#N)=C/c3ccc(OCCCCOC(=O)C=C)c(OC)c3)cc2)cc1OC. The van der Waals surface area contributed by atoms with Crippen molar-refractivity contribution in [2.45, 2.75) is 25.7 Å². The van der Waals surface area contributed by atoms with Crippen molar-refractivity contribution in [3.05, 3.63) is 109 Å². The van der Waals surface area contributed by atoms with Gasteiger partial charge in [-0.15, -0.1) is 0 Å². The third-order valence-corrected chi connectivity index (χ3v) is 7.11. The predicted octanol–water partition coefficient (Wildman–Crippen LogP) is 6.61. The second kappa shape index (κ2) is 22.9. The van der Waals surface area contributed by atoms with Gasteiger partial charge in [0.05, 0.1) is 40.6 Å². The first-order valence-electron chi connectivity index (χ1n) is 16.7. The molecule has 0 amide bonds. The second-order valence-corrected chi connectivity index (χ2v) is 11.0. The molecule has 0 aliphatic heterocycles. The average molecular weight is 740 g/mol. The van der Waals surface area contributed by atoms with E-state index < -0.39 is 23.9 Å². The summed E-state index contributed by atoms with van der Waals surface area (Å²) < 4.78 is 42.9. The van der Waals surface area contributed by atoms with Crippen LogP contribution in [0.25, 0.3) is 12.2 Å². The van der Waals surface area contributed by atoms with Gasteiger partial charge in [0.25, 0.3) is 0 Å². The zero-order valence-corrected chi connectivity index (χ0v) is 30.1. The van der Waals surface area contributed by atoms with Crippen LogP contribution in [0.5, 0.6) is 34.5 Å². The molecule has 0 saturated carbocycles. The lowest BCUT2D eigenvalue weighted by atomic mass is 10.1. The molecule has 0 aromatic heterocycles. The molecular formula is C41H41NO12. The smallest absolute Gasteiger partial charge is 0.354 e. The molecule has 3 aromatic rings. The van der Waals surface area contributed by atoms with E-state index in [4.69, 9.17) is 37.9 Å². The van der Waals surface area contributed by atoms with Crippen molar-refractivity contribution in [1.82, 2.24) is 0 Å². The first kappa shape index (κ1) is 41.6. The van der Waals surface area contributed by atoms with E-state index in [-0.39, 0.29) is 30.3 Å². The summed E-state index contributed by atoms with van der Waals surface area (Å²) in [5, 5.41) is 9.65. The van der Waals surface area contributed by atoms with Crippen LogP contribution in [0, 0.1) is 11.3 Å². The third kappa shape index (κ3) is 14.4. The fourth-order valence-corrected chi connectivity index (χ4v) is 4.39. The summed E-state index contributed by atoms with van der Waals surface area (Å²) in [6, 6.07) is 17.7. The maximum absolute atomic E-state index is 12.8. The van der Waals surface area contributed by atoms with Crippen LogP contribution in [0.1, 0.15) is 36.8 Å². The van der Waals surface area contributed by atoms with E-state index in [1.807, 2.05) is 6.07 Å². The number of rotatable bonds is 22. The van der Waals surface area contributed by atoms with Gasteiger partial charge in [-0.05, 0) is 97.5 Å². The Morgan fingerprint density at radius 2 is 1.11 bits per heavy atom. The summed E-state index contributed by atoms with van der Waals surface area (Å²) in [6.07, 6.45) is 8.90. The predicted molar refractivity (Wildman–Crippen MR) is 198 cm³/mol. The normalized spacial score (nSPS) is 10.7. The van der Waals surface area contributed by atoms with Crippen molar-refractivity contribution in [2.24, 2.45) is 0 Å².